The molecule has 0 rings (SSSR count). The van der Waals surface area contributed by atoms with Crippen LogP contribution in [0.15, 0.2) is 0 Å². The van der Waals surface area contributed by atoms with E-state index < -0.39 is 0 Å². The molecule has 0 saturated heterocycles. The van der Waals surface area contributed by atoms with Crippen LogP contribution in [-0.4, -0.2) is 54.2 Å². The monoisotopic (exact) mass is 169 g/mol. The summed E-state index contributed by atoms with van der Waals surface area (Å²) in [7, 11) is 0. The minimum absolute atomic E-state index is 0. The van der Waals surface area contributed by atoms with Gasteiger partial charge in [0.2, 0.25) is 0 Å². The van der Waals surface area contributed by atoms with Crippen molar-refractivity contribution >= 4 is 66.6 Å². The van der Waals surface area contributed by atoms with E-state index in [4.69, 9.17) is 3.78 Å². The molecule has 4 heavy (non-hydrogen) atoms. The maximum atomic E-state index is 8.31. The van der Waals surface area contributed by atoms with Crippen molar-refractivity contribution in [3.63, 3.8) is 0 Å². The predicted octanol–water partition coefficient (Wildman–Crippen LogP) is -0.501. The second kappa shape index (κ2) is 20.7. The van der Waals surface area contributed by atoms with Crippen molar-refractivity contribution in [2.24, 2.45) is 0 Å². The molecule has 1 nitrogen and oxygen atoms in total. The average Bonchev–Trinajstić information content (AvgIpc) is 1.00. The van der Waals surface area contributed by atoms with E-state index in [0.29, 0.717) is 16.5 Å². The Balaban J connectivity index is -0.000000000833. The van der Waals surface area contributed by atoms with Gasteiger partial charge in [0, 0.05) is 0 Å². The van der Waals surface area contributed by atoms with E-state index in [0.717, 1.165) is 0 Å². The molecule has 4 heteroatoms. The molecule has 0 aliphatic heterocycles. The van der Waals surface area contributed by atoms with Crippen LogP contribution in [0.25, 0.3) is 0 Å². The second-order valence-electron chi connectivity index (χ2n) is 0. The topological polar surface area (TPSA) is 17.1 Å². The molecule has 23 valence electrons. The Morgan fingerprint density at radius 2 is 1.50 bits per heavy atom. The van der Waals surface area contributed by atoms with Gasteiger partial charge in [-0.05, 0) is 0 Å². The molecule has 0 aliphatic carbocycles. The fourth-order valence-corrected chi connectivity index (χ4v) is 0. The van der Waals surface area contributed by atoms with Crippen LogP contribution in [0.5, 0.6) is 0 Å². The molecule has 0 heterocycles. The van der Waals surface area contributed by atoms with E-state index in [9.17, 15) is 0 Å². The van der Waals surface area contributed by atoms with Crippen molar-refractivity contribution in [1.29, 1.82) is 0 Å². The maximum absolute atomic E-state index is 8.31. The molecule has 0 aromatic heterocycles. The second-order valence-corrected chi connectivity index (χ2v) is 0. The van der Waals surface area contributed by atoms with Gasteiger partial charge in [0.25, 0.3) is 0 Å². The van der Waals surface area contributed by atoms with Crippen molar-refractivity contribution in [2.75, 3.05) is 0 Å². The third-order valence-corrected chi connectivity index (χ3v) is 0. The molecule has 0 fully saturated rings. The first-order valence-electron chi connectivity index (χ1n) is 0.236. The van der Waals surface area contributed by atoms with Gasteiger partial charge in [0.15, 0.2) is 0 Å². The molecule has 0 amide bonds. The summed E-state index contributed by atoms with van der Waals surface area (Å²) in [5.74, 6) is 0. The Bertz CT molecular complexity index is 13.5. The van der Waals surface area contributed by atoms with Crippen LogP contribution in [0, 0.1) is 0 Å². The summed E-state index contributed by atoms with van der Waals surface area (Å²) in [6.07, 6.45) is 0. The fourth-order valence-electron chi connectivity index (χ4n) is 0. The van der Waals surface area contributed by atoms with E-state index >= 15 is 0 Å². The summed E-state index contributed by atoms with van der Waals surface area (Å²) >= 11 is 0.438. The SMILES string of the molecule is Cl.[Ca+2].[H-].[H-].[O]=[GeH]. The molecular formula is H4CaClGeO. The zero-order valence-corrected chi connectivity index (χ0v) is 7.55. The first kappa shape index (κ1) is 16.9. The number of rotatable bonds is 0. The Hall–Kier alpha value is 1.89. The summed E-state index contributed by atoms with van der Waals surface area (Å²) in [4.78, 5) is 0. The van der Waals surface area contributed by atoms with Crippen LogP contribution in [0.3, 0.4) is 0 Å². The third-order valence-electron chi connectivity index (χ3n) is 0. The normalized spacial score (nSPS) is 1.00. The summed E-state index contributed by atoms with van der Waals surface area (Å²) < 4.78 is 8.31. The average molecular weight is 168 g/mol. The fraction of sp³-hybridized carbons (Fsp3) is 0. The Labute approximate surface area is 72.3 Å². The van der Waals surface area contributed by atoms with E-state index in [1.807, 2.05) is 0 Å². The van der Waals surface area contributed by atoms with E-state index in [1.54, 1.807) is 0 Å². The van der Waals surface area contributed by atoms with Gasteiger partial charge in [-0.1, -0.05) is 0 Å². The molecule has 0 aliphatic rings. The quantitative estimate of drug-likeness (QED) is 0.446. The summed E-state index contributed by atoms with van der Waals surface area (Å²) in [6, 6.07) is 0. The zero-order chi connectivity index (χ0) is 2.00. The van der Waals surface area contributed by atoms with E-state index in [-0.39, 0.29) is 53.0 Å². The van der Waals surface area contributed by atoms with Gasteiger partial charge >= 0.3 is 58.0 Å². The van der Waals surface area contributed by atoms with E-state index in [1.165, 1.54) is 0 Å². The van der Waals surface area contributed by atoms with Gasteiger partial charge in [0.1, 0.15) is 0 Å². The molecule has 0 saturated carbocycles. The Morgan fingerprint density at radius 1 is 1.50 bits per heavy atom. The Morgan fingerprint density at radius 3 is 1.50 bits per heavy atom. The molecule has 0 spiro atoms. The summed E-state index contributed by atoms with van der Waals surface area (Å²) in [6.45, 7) is 0. The van der Waals surface area contributed by atoms with Crippen LogP contribution in [0.4, 0.5) is 0 Å². The van der Waals surface area contributed by atoms with Crippen LogP contribution < -0.4 is 0 Å². The zero-order valence-electron chi connectivity index (χ0n) is 4.10. The van der Waals surface area contributed by atoms with Gasteiger partial charge in [-0.15, -0.1) is 12.4 Å². The Kier molecular flexibility index (Phi) is 87.2. The molecule has 0 unspecified atom stereocenters. The molecule has 0 aromatic rings. The van der Waals surface area contributed by atoms with Crippen molar-refractivity contribution in [2.45, 2.75) is 0 Å². The van der Waals surface area contributed by atoms with Gasteiger partial charge < -0.3 is 2.85 Å². The number of halogens is 1. The predicted molar refractivity (Wildman–Crippen MR) is 23.1 cm³/mol. The standard InChI is InChI=1S/Ca.ClH.GeHO.2H/c;;1-2;;/h;1H;1H;;/q+2;;;2*-1. The van der Waals surface area contributed by atoms with Gasteiger partial charge in [0.05, 0.1) is 0 Å². The van der Waals surface area contributed by atoms with Crippen LogP contribution in [0.2, 0.25) is 0 Å². The van der Waals surface area contributed by atoms with Crippen molar-refractivity contribution in [3.05, 3.63) is 0 Å². The van der Waals surface area contributed by atoms with Crippen LogP contribution in [-0.2, 0) is 3.78 Å². The third kappa shape index (κ3) is 9.09. The van der Waals surface area contributed by atoms with Crippen LogP contribution >= 0.6 is 12.4 Å². The molecule has 0 N–H and O–H groups in total. The van der Waals surface area contributed by atoms with Crippen molar-refractivity contribution in [1.82, 2.24) is 0 Å². The van der Waals surface area contributed by atoms with Gasteiger partial charge in [-0.2, -0.15) is 0 Å². The van der Waals surface area contributed by atoms with Gasteiger partial charge in [-0.25, -0.2) is 0 Å². The van der Waals surface area contributed by atoms with Gasteiger partial charge in [-0.3, -0.25) is 0 Å². The van der Waals surface area contributed by atoms with E-state index in [2.05, 4.69) is 0 Å². The molecule has 0 aromatic carbocycles. The number of hydrogen-bond donors (Lipinski definition) is 0. The molecule has 1 radical (unpaired) electrons. The minimum atomic E-state index is 0. The first-order valence-corrected chi connectivity index (χ1v) is 1.22. The number of hydrogen-bond acceptors (Lipinski definition) is 1. The van der Waals surface area contributed by atoms with Crippen LogP contribution in [0.1, 0.15) is 2.85 Å². The van der Waals surface area contributed by atoms with Crippen molar-refractivity contribution < 1.29 is 6.63 Å². The summed E-state index contributed by atoms with van der Waals surface area (Å²) in [5, 5.41) is 0. The summed E-state index contributed by atoms with van der Waals surface area (Å²) in [5.41, 5.74) is 0. The first-order chi connectivity index (χ1) is 1.00. The molecule has 0 bridgehead atoms. The molecular weight excluding hydrogens is 164 g/mol. The molecule has 0 atom stereocenters. The van der Waals surface area contributed by atoms with Crippen molar-refractivity contribution in [3.8, 4) is 0 Å².